The van der Waals surface area contributed by atoms with Gasteiger partial charge in [-0.25, -0.2) is 9.98 Å². The molecule has 0 radical (unpaired) electrons. The Bertz CT molecular complexity index is 648. The fourth-order valence-electron chi connectivity index (χ4n) is 2.32. The highest BCUT2D eigenvalue weighted by atomic mass is 127. The maximum atomic E-state index is 12.6. The summed E-state index contributed by atoms with van der Waals surface area (Å²) in [6.07, 6.45) is -2.05. The number of nitrogens with one attached hydrogen (secondary N) is 2. The molecule has 7 nitrogen and oxygen atoms in total. The number of rotatable bonds is 7. The predicted molar refractivity (Wildman–Crippen MR) is 112 cm³/mol. The molecule has 1 fully saturated rings. The highest BCUT2D eigenvalue weighted by Gasteiger charge is 2.33. The third-order valence-corrected chi connectivity index (χ3v) is 4.77. The zero-order valence-corrected chi connectivity index (χ0v) is 18.9. The second-order valence-corrected chi connectivity index (χ2v) is 7.21. The van der Waals surface area contributed by atoms with Crippen molar-refractivity contribution in [2.24, 2.45) is 4.99 Å². The van der Waals surface area contributed by atoms with E-state index in [2.05, 4.69) is 20.6 Å². The van der Waals surface area contributed by atoms with E-state index in [1.54, 1.807) is 14.1 Å². The van der Waals surface area contributed by atoms with Gasteiger partial charge in [-0.15, -0.1) is 35.3 Å². The normalized spacial score (nSPS) is 17.2. The molecule has 2 heterocycles. The summed E-state index contributed by atoms with van der Waals surface area (Å²) in [5.74, 6) is 0.274. The molecule has 28 heavy (non-hydrogen) atoms. The van der Waals surface area contributed by atoms with Crippen molar-refractivity contribution in [1.29, 1.82) is 0 Å². The SMILES string of the molecule is CN(C)C(=O)CN=C(NCCc1nc(C(F)(F)F)cs1)NCC1CCCO1.I. The van der Waals surface area contributed by atoms with Gasteiger partial charge >= 0.3 is 6.18 Å². The minimum absolute atomic E-state index is 0. The predicted octanol–water partition coefficient (Wildman–Crippen LogP) is 2.12. The molecule has 0 aliphatic carbocycles. The number of nitrogens with zero attached hydrogens (tertiary/aromatic N) is 3. The number of hydrogen-bond donors (Lipinski definition) is 2. The molecule has 1 unspecified atom stereocenters. The Morgan fingerprint density at radius 1 is 1.43 bits per heavy atom. The second kappa shape index (κ2) is 11.8. The topological polar surface area (TPSA) is 78.9 Å². The van der Waals surface area contributed by atoms with Gasteiger partial charge in [0, 0.05) is 45.6 Å². The van der Waals surface area contributed by atoms with Gasteiger partial charge in [0.05, 0.1) is 11.1 Å². The number of carbonyl (C=O) groups excluding carboxylic acids is 1. The number of thiazole rings is 1. The van der Waals surface area contributed by atoms with Gasteiger partial charge in [0.2, 0.25) is 5.91 Å². The van der Waals surface area contributed by atoms with Crippen LogP contribution in [0.4, 0.5) is 13.2 Å². The molecule has 1 atom stereocenters. The number of carbonyl (C=O) groups is 1. The van der Waals surface area contributed by atoms with E-state index in [0.717, 1.165) is 36.2 Å². The fraction of sp³-hybridized carbons (Fsp3) is 0.688. The van der Waals surface area contributed by atoms with E-state index in [9.17, 15) is 18.0 Å². The van der Waals surface area contributed by atoms with E-state index in [1.165, 1.54) is 4.90 Å². The van der Waals surface area contributed by atoms with Crippen molar-refractivity contribution in [3.05, 3.63) is 16.1 Å². The van der Waals surface area contributed by atoms with Crippen LogP contribution < -0.4 is 10.6 Å². The molecule has 1 aliphatic heterocycles. The number of aromatic nitrogens is 1. The van der Waals surface area contributed by atoms with Crippen LogP contribution >= 0.6 is 35.3 Å². The van der Waals surface area contributed by atoms with Crippen molar-refractivity contribution < 1.29 is 22.7 Å². The van der Waals surface area contributed by atoms with Crippen LogP contribution in [-0.2, 0) is 22.1 Å². The average Bonchev–Trinajstić information content (AvgIpc) is 3.27. The van der Waals surface area contributed by atoms with Gasteiger partial charge in [-0.3, -0.25) is 4.79 Å². The largest absolute Gasteiger partial charge is 0.434 e. The molecule has 1 saturated heterocycles. The number of likely N-dealkylation sites (N-methyl/N-ethyl adjacent to an activating group) is 1. The quantitative estimate of drug-likeness (QED) is 0.318. The molecule has 0 aromatic carbocycles. The first-order chi connectivity index (χ1) is 12.8. The van der Waals surface area contributed by atoms with E-state index in [0.29, 0.717) is 30.5 Å². The van der Waals surface area contributed by atoms with E-state index in [4.69, 9.17) is 4.74 Å². The number of guanidine groups is 1. The van der Waals surface area contributed by atoms with Crippen molar-refractivity contribution in [2.45, 2.75) is 31.5 Å². The van der Waals surface area contributed by atoms with Gasteiger partial charge in [-0.05, 0) is 12.8 Å². The van der Waals surface area contributed by atoms with Crippen LogP contribution in [-0.4, -0.2) is 68.2 Å². The molecule has 2 rings (SSSR count). The molecular formula is C16H25F3IN5O2S. The van der Waals surface area contributed by atoms with Crippen molar-refractivity contribution >= 4 is 47.2 Å². The molecule has 0 bridgehead atoms. The van der Waals surface area contributed by atoms with Crippen molar-refractivity contribution in [2.75, 3.05) is 40.3 Å². The van der Waals surface area contributed by atoms with Gasteiger partial charge in [-0.1, -0.05) is 0 Å². The lowest BCUT2D eigenvalue weighted by Gasteiger charge is -2.16. The molecule has 2 N–H and O–H groups in total. The Hall–Kier alpha value is -1.15. The lowest BCUT2D eigenvalue weighted by Crippen LogP contribution is -2.42. The third-order valence-electron chi connectivity index (χ3n) is 3.87. The third kappa shape index (κ3) is 8.47. The molecule has 1 amide bonds. The molecule has 1 aliphatic rings. The second-order valence-electron chi connectivity index (χ2n) is 6.27. The Morgan fingerprint density at radius 2 is 2.18 bits per heavy atom. The van der Waals surface area contributed by atoms with Crippen molar-refractivity contribution in [3.8, 4) is 0 Å². The van der Waals surface area contributed by atoms with Crippen LogP contribution in [0.1, 0.15) is 23.5 Å². The van der Waals surface area contributed by atoms with Gasteiger partial charge in [0.15, 0.2) is 11.7 Å². The van der Waals surface area contributed by atoms with Gasteiger partial charge in [-0.2, -0.15) is 13.2 Å². The van der Waals surface area contributed by atoms with Gasteiger partial charge in [0.1, 0.15) is 6.54 Å². The van der Waals surface area contributed by atoms with Crippen LogP contribution in [0.2, 0.25) is 0 Å². The smallest absolute Gasteiger partial charge is 0.376 e. The Balaban J connectivity index is 0.00000392. The number of halogens is 4. The molecule has 1 aromatic rings. The first-order valence-electron chi connectivity index (χ1n) is 8.61. The monoisotopic (exact) mass is 535 g/mol. The lowest BCUT2D eigenvalue weighted by atomic mass is 10.2. The van der Waals surface area contributed by atoms with E-state index >= 15 is 0 Å². The number of ether oxygens (including phenoxy) is 1. The van der Waals surface area contributed by atoms with Crippen LogP contribution in [0.3, 0.4) is 0 Å². The minimum Gasteiger partial charge on any atom is -0.376 e. The minimum atomic E-state index is -4.43. The van der Waals surface area contributed by atoms with Crippen LogP contribution in [0.25, 0.3) is 0 Å². The summed E-state index contributed by atoms with van der Waals surface area (Å²) in [5, 5.41) is 7.55. The summed E-state index contributed by atoms with van der Waals surface area (Å²) >= 11 is 0.972. The fourth-order valence-corrected chi connectivity index (χ4v) is 3.13. The summed E-state index contributed by atoms with van der Waals surface area (Å²) in [6.45, 7) is 1.61. The summed E-state index contributed by atoms with van der Waals surface area (Å²) in [4.78, 5) is 21.0. The first-order valence-corrected chi connectivity index (χ1v) is 9.49. The Morgan fingerprint density at radius 3 is 2.75 bits per heavy atom. The van der Waals surface area contributed by atoms with E-state index in [-0.39, 0.29) is 42.5 Å². The van der Waals surface area contributed by atoms with Crippen LogP contribution in [0, 0.1) is 0 Å². The summed E-state index contributed by atoms with van der Waals surface area (Å²) in [7, 11) is 3.29. The zero-order chi connectivity index (χ0) is 19.9. The molecule has 0 spiro atoms. The van der Waals surface area contributed by atoms with Gasteiger partial charge < -0.3 is 20.3 Å². The van der Waals surface area contributed by atoms with Crippen LogP contribution in [0.15, 0.2) is 10.4 Å². The zero-order valence-electron chi connectivity index (χ0n) is 15.7. The van der Waals surface area contributed by atoms with E-state index in [1.807, 2.05) is 0 Å². The molecule has 1 aromatic heterocycles. The number of aliphatic imine (C=N–C) groups is 1. The average molecular weight is 535 g/mol. The summed E-state index contributed by atoms with van der Waals surface area (Å²) in [5.41, 5.74) is -0.871. The highest BCUT2D eigenvalue weighted by molar-refractivity contribution is 14.0. The number of alkyl halides is 3. The molecule has 0 saturated carbocycles. The van der Waals surface area contributed by atoms with E-state index < -0.39 is 11.9 Å². The maximum absolute atomic E-state index is 12.6. The summed E-state index contributed by atoms with van der Waals surface area (Å²) < 4.78 is 43.3. The Kier molecular flexibility index (Phi) is 10.4. The van der Waals surface area contributed by atoms with Gasteiger partial charge in [0.25, 0.3) is 0 Å². The first kappa shape index (κ1) is 24.9. The number of amides is 1. The standard InChI is InChI=1S/C16H24F3N5O2S.HI/c1-24(2)14(25)9-22-15(21-8-11-4-3-7-26-11)20-6-5-13-23-12(10-27-13)16(17,18)19;/h10-11H,3-9H2,1-2H3,(H2,20,21,22);1H. The molecule has 12 heteroatoms. The highest BCUT2D eigenvalue weighted by Crippen LogP contribution is 2.29. The van der Waals surface area contributed by atoms with Crippen LogP contribution in [0.5, 0.6) is 0 Å². The van der Waals surface area contributed by atoms with Crippen molar-refractivity contribution in [1.82, 2.24) is 20.5 Å². The summed E-state index contributed by atoms with van der Waals surface area (Å²) in [6, 6.07) is 0. The Labute approximate surface area is 183 Å². The van der Waals surface area contributed by atoms with Crippen molar-refractivity contribution in [3.63, 3.8) is 0 Å². The number of hydrogen-bond acceptors (Lipinski definition) is 5. The molecule has 160 valence electrons. The molecular weight excluding hydrogens is 510 g/mol. The lowest BCUT2D eigenvalue weighted by molar-refractivity contribution is -0.140. The maximum Gasteiger partial charge on any atom is 0.434 e.